The molecule has 196 valence electrons. The topological polar surface area (TPSA) is 121 Å². The summed E-state index contributed by atoms with van der Waals surface area (Å²) in [6, 6.07) is 23.2. The molecule has 0 aliphatic carbocycles. The van der Waals surface area contributed by atoms with Gasteiger partial charge in [0.25, 0.3) is 11.8 Å². The van der Waals surface area contributed by atoms with Gasteiger partial charge in [0.15, 0.2) is 0 Å². The summed E-state index contributed by atoms with van der Waals surface area (Å²) in [5.41, 5.74) is 2.76. The van der Waals surface area contributed by atoms with Gasteiger partial charge in [0.2, 0.25) is 0 Å². The third-order valence-corrected chi connectivity index (χ3v) is 5.31. The van der Waals surface area contributed by atoms with E-state index in [0.29, 0.717) is 41.2 Å². The second-order valence-corrected chi connectivity index (χ2v) is 8.66. The van der Waals surface area contributed by atoms with E-state index >= 15 is 0 Å². The number of rotatable bonds is 12. The maximum absolute atomic E-state index is 12.9. The summed E-state index contributed by atoms with van der Waals surface area (Å²) in [4.78, 5) is 25.5. The Bertz CT molecular complexity index is 1280. The molecule has 0 aliphatic rings. The Labute approximate surface area is 222 Å². The van der Waals surface area contributed by atoms with Crippen molar-refractivity contribution in [1.82, 2.24) is 10.6 Å². The Morgan fingerprint density at radius 2 is 1.63 bits per heavy atom. The van der Waals surface area contributed by atoms with E-state index < -0.39 is 11.8 Å². The first-order valence-corrected chi connectivity index (χ1v) is 12.3. The van der Waals surface area contributed by atoms with Gasteiger partial charge in [-0.05, 0) is 79.6 Å². The average molecular weight is 514 g/mol. The number of aliphatic hydroxyl groups excluding tert-OH is 1. The molecule has 0 fully saturated rings. The third-order valence-electron chi connectivity index (χ3n) is 5.31. The van der Waals surface area contributed by atoms with Crippen molar-refractivity contribution in [3.05, 3.63) is 101 Å². The molecule has 0 aliphatic heterocycles. The molecule has 0 unspecified atom stereocenters. The Morgan fingerprint density at radius 3 is 2.24 bits per heavy atom. The van der Waals surface area contributed by atoms with E-state index in [2.05, 4.69) is 16.7 Å². The molecule has 3 aromatic carbocycles. The van der Waals surface area contributed by atoms with Crippen LogP contribution < -0.4 is 20.1 Å². The second-order valence-electron chi connectivity index (χ2n) is 8.66. The molecule has 3 aromatic rings. The van der Waals surface area contributed by atoms with E-state index in [1.54, 1.807) is 66.7 Å². The number of nitrogens with zero attached hydrogens (tertiary/aromatic N) is 1. The highest BCUT2D eigenvalue weighted by Gasteiger charge is 2.15. The largest absolute Gasteiger partial charge is 0.493 e. The minimum Gasteiger partial charge on any atom is -0.493 e. The van der Waals surface area contributed by atoms with E-state index in [-0.39, 0.29) is 25.0 Å². The van der Waals surface area contributed by atoms with Crippen LogP contribution in [0.25, 0.3) is 6.08 Å². The fourth-order valence-electron chi connectivity index (χ4n) is 3.43. The zero-order chi connectivity index (χ0) is 27.3. The van der Waals surface area contributed by atoms with Gasteiger partial charge in [0.05, 0.1) is 31.0 Å². The quantitative estimate of drug-likeness (QED) is 0.317. The molecule has 3 N–H and O–H groups in total. The van der Waals surface area contributed by atoms with Crippen LogP contribution >= 0.6 is 0 Å². The molecule has 0 atom stereocenters. The average Bonchev–Trinajstić information content (AvgIpc) is 2.92. The van der Waals surface area contributed by atoms with Gasteiger partial charge < -0.3 is 25.2 Å². The van der Waals surface area contributed by atoms with Crippen molar-refractivity contribution in [3.63, 3.8) is 0 Å². The number of aliphatic hydroxyl groups is 1. The molecule has 0 bridgehead atoms. The van der Waals surface area contributed by atoms with E-state index in [1.807, 2.05) is 26.0 Å². The predicted octanol–water partition coefficient (Wildman–Crippen LogP) is 3.85. The Morgan fingerprint density at radius 1 is 0.974 bits per heavy atom. The molecule has 3 rings (SSSR count). The van der Waals surface area contributed by atoms with Gasteiger partial charge in [0, 0.05) is 18.5 Å². The van der Waals surface area contributed by atoms with Crippen LogP contribution in [0.15, 0.2) is 78.5 Å². The lowest BCUT2D eigenvalue weighted by atomic mass is 10.1. The molecular formula is C30H31N3O5. The van der Waals surface area contributed by atoms with Gasteiger partial charge in [-0.3, -0.25) is 9.59 Å². The summed E-state index contributed by atoms with van der Waals surface area (Å²) < 4.78 is 11.4. The highest BCUT2D eigenvalue weighted by molar-refractivity contribution is 6.05. The number of hydrogen-bond donors (Lipinski definition) is 3. The summed E-state index contributed by atoms with van der Waals surface area (Å²) >= 11 is 0. The molecule has 0 spiro atoms. The van der Waals surface area contributed by atoms with Crippen molar-refractivity contribution in [1.29, 1.82) is 5.26 Å². The normalized spacial score (nSPS) is 11.0. The number of carbonyl (C=O) groups is 2. The van der Waals surface area contributed by atoms with E-state index in [0.717, 1.165) is 5.56 Å². The van der Waals surface area contributed by atoms with Gasteiger partial charge in [-0.2, -0.15) is 5.26 Å². The lowest BCUT2D eigenvalue weighted by Gasteiger charge is -2.12. The molecule has 0 radical (unpaired) electrons. The van der Waals surface area contributed by atoms with E-state index in [9.17, 15) is 9.59 Å². The number of ether oxygens (including phenoxy) is 2. The van der Waals surface area contributed by atoms with Crippen molar-refractivity contribution in [2.24, 2.45) is 0 Å². The third kappa shape index (κ3) is 8.80. The van der Waals surface area contributed by atoms with Crippen LogP contribution in [0.2, 0.25) is 0 Å². The second kappa shape index (κ2) is 14.2. The van der Waals surface area contributed by atoms with Crippen LogP contribution in [0.4, 0.5) is 0 Å². The standard InChI is InChI=1S/C30H31N3O5/c1-21(2)38-27-11-7-23(8-12-27)19-28(30(36)32-16-17-34)33-29(35)25-9-13-26(14-10-25)37-18-15-22-3-5-24(20-31)6-4-22/h3-14,19,21,34H,15-18H2,1-2H3,(H,32,36)(H,33,35)/b28-19+. The van der Waals surface area contributed by atoms with Gasteiger partial charge in [-0.1, -0.05) is 24.3 Å². The smallest absolute Gasteiger partial charge is 0.267 e. The highest BCUT2D eigenvalue weighted by Crippen LogP contribution is 2.17. The monoisotopic (exact) mass is 513 g/mol. The molecule has 0 saturated heterocycles. The van der Waals surface area contributed by atoms with Crippen molar-refractivity contribution in [2.45, 2.75) is 26.4 Å². The summed E-state index contributed by atoms with van der Waals surface area (Å²) in [6.45, 7) is 4.14. The molecule has 8 nitrogen and oxygen atoms in total. The first kappa shape index (κ1) is 28.0. The van der Waals surface area contributed by atoms with Gasteiger partial charge >= 0.3 is 0 Å². The number of hydrogen-bond acceptors (Lipinski definition) is 6. The summed E-state index contributed by atoms with van der Waals surface area (Å²) in [7, 11) is 0. The number of nitrogens with one attached hydrogen (secondary N) is 2. The Kier molecular flexibility index (Phi) is 10.5. The van der Waals surface area contributed by atoms with Gasteiger partial charge in [-0.25, -0.2) is 0 Å². The van der Waals surface area contributed by atoms with Crippen LogP contribution in [-0.4, -0.2) is 42.8 Å². The molecular weight excluding hydrogens is 482 g/mol. The van der Waals surface area contributed by atoms with Crippen molar-refractivity contribution < 1.29 is 24.2 Å². The lowest BCUT2D eigenvalue weighted by Crippen LogP contribution is -2.36. The maximum Gasteiger partial charge on any atom is 0.267 e. The number of amides is 2. The lowest BCUT2D eigenvalue weighted by molar-refractivity contribution is -0.117. The minimum atomic E-state index is -0.516. The zero-order valence-corrected chi connectivity index (χ0v) is 21.4. The van der Waals surface area contributed by atoms with Crippen LogP contribution in [-0.2, 0) is 11.2 Å². The fourth-order valence-corrected chi connectivity index (χ4v) is 3.43. The number of benzene rings is 3. The van der Waals surface area contributed by atoms with Crippen molar-refractivity contribution in [3.8, 4) is 17.6 Å². The van der Waals surface area contributed by atoms with Crippen molar-refractivity contribution >= 4 is 17.9 Å². The van der Waals surface area contributed by atoms with Crippen LogP contribution in [0.5, 0.6) is 11.5 Å². The van der Waals surface area contributed by atoms with Crippen LogP contribution in [0.3, 0.4) is 0 Å². The summed E-state index contributed by atoms with van der Waals surface area (Å²) in [5, 5.41) is 23.2. The van der Waals surface area contributed by atoms with E-state index in [4.69, 9.17) is 19.8 Å². The predicted molar refractivity (Wildman–Crippen MR) is 145 cm³/mol. The first-order valence-electron chi connectivity index (χ1n) is 12.3. The minimum absolute atomic E-state index is 0.0369. The number of carbonyl (C=O) groups excluding carboxylic acids is 2. The summed E-state index contributed by atoms with van der Waals surface area (Å²) in [6.07, 6.45) is 2.27. The van der Waals surface area contributed by atoms with Crippen molar-refractivity contribution in [2.75, 3.05) is 19.8 Å². The fraction of sp³-hybridized carbons (Fsp3) is 0.233. The molecule has 0 saturated carbocycles. The number of nitriles is 1. The highest BCUT2D eigenvalue weighted by atomic mass is 16.5. The molecule has 0 aromatic heterocycles. The molecule has 0 heterocycles. The maximum atomic E-state index is 12.9. The Balaban J connectivity index is 1.63. The Hall–Kier alpha value is -4.61. The first-order chi connectivity index (χ1) is 18.4. The van der Waals surface area contributed by atoms with Crippen LogP contribution in [0.1, 0.15) is 40.9 Å². The summed E-state index contributed by atoms with van der Waals surface area (Å²) in [5.74, 6) is 0.332. The van der Waals surface area contributed by atoms with Gasteiger partial charge in [-0.15, -0.1) is 0 Å². The zero-order valence-electron chi connectivity index (χ0n) is 21.4. The molecule has 2 amide bonds. The molecule has 38 heavy (non-hydrogen) atoms. The van der Waals surface area contributed by atoms with Gasteiger partial charge in [0.1, 0.15) is 17.2 Å². The van der Waals surface area contributed by atoms with E-state index in [1.165, 1.54) is 0 Å². The van der Waals surface area contributed by atoms with Crippen LogP contribution in [0, 0.1) is 11.3 Å². The molecule has 8 heteroatoms. The SMILES string of the molecule is CC(C)Oc1ccc(/C=C(/NC(=O)c2ccc(OCCc3ccc(C#N)cc3)cc2)C(=O)NCCO)cc1.